The van der Waals surface area contributed by atoms with Gasteiger partial charge in [0.2, 0.25) is 22.9 Å². The molecule has 0 amide bonds. The number of nitrogens with zero attached hydrogens (tertiary/aromatic N) is 6. The third-order valence-electron chi connectivity index (χ3n) is 2.02. The molecule has 0 saturated carbocycles. The molecule has 0 fully saturated rings. The van der Waals surface area contributed by atoms with E-state index in [1.807, 2.05) is 25.9 Å². The number of aryl methyl sites for hydroxylation is 1. The number of hydrogen-bond acceptors (Lipinski definition) is 9. The van der Waals surface area contributed by atoms with Crippen molar-refractivity contribution < 1.29 is 4.42 Å². The lowest BCUT2D eigenvalue weighted by Crippen LogP contribution is -2.15. The van der Waals surface area contributed by atoms with Crippen LogP contribution in [0.4, 0.5) is 11.9 Å². The topological polar surface area (TPSA) is 92.9 Å². The molecule has 9 heteroatoms. The Morgan fingerprint density at radius 3 is 2.58 bits per heavy atom. The summed E-state index contributed by atoms with van der Waals surface area (Å²) in [5, 5.41) is 11.7. The second-order valence-corrected chi connectivity index (χ2v) is 4.77. The highest BCUT2D eigenvalue weighted by Gasteiger charge is 2.12. The van der Waals surface area contributed by atoms with Gasteiger partial charge in [0.1, 0.15) is 0 Å². The fraction of sp³-hybridized carbons (Fsp3) is 0.500. The van der Waals surface area contributed by atoms with Crippen LogP contribution in [0.3, 0.4) is 0 Å². The molecule has 102 valence electrons. The highest BCUT2D eigenvalue weighted by molar-refractivity contribution is 7.98. The van der Waals surface area contributed by atoms with E-state index in [0.29, 0.717) is 28.2 Å². The molecule has 1 N–H and O–H groups in total. The standard InChI is InChI=1S/C10H15N7OS/c1-5-11-7-12-8(17(3)4)14-9(13-7)19-10-16-15-6(2)18-10/h5H2,1-4H3,(H,11,12,13,14). The van der Waals surface area contributed by atoms with Crippen molar-refractivity contribution in [2.45, 2.75) is 24.2 Å². The van der Waals surface area contributed by atoms with Crippen LogP contribution in [-0.2, 0) is 0 Å². The summed E-state index contributed by atoms with van der Waals surface area (Å²) in [5.74, 6) is 1.61. The van der Waals surface area contributed by atoms with Gasteiger partial charge in [0.05, 0.1) is 0 Å². The van der Waals surface area contributed by atoms with Crippen molar-refractivity contribution in [3.8, 4) is 0 Å². The zero-order valence-electron chi connectivity index (χ0n) is 11.2. The SMILES string of the molecule is CCNc1nc(Sc2nnc(C)o2)nc(N(C)C)n1. The summed E-state index contributed by atoms with van der Waals surface area (Å²) in [5.41, 5.74) is 0. The van der Waals surface area contributed by atoms with Crippen molar-refractivity contribution in [3.63, 3.8) is 0 Å². The second kappa shape index (κ2) is 5.83. The Morgan fingerprint density at radius 1 is 1.21 bits per heavy atom. The zero-order valence-corrected chi connectivity index (χ0v) is 12.0. The second-order valence-electron chi connectivity index (χ2n) is 3.86. The summed E-state index contributed by atoms with van der Waals surface area (Å²) in [4.78, 5) is 14.7. The first-order valence-electron chi connectivity index (χ1n) is 5.73. The van der Waals surface area contributed by atoms with Gasteiger partial charge in [-0.05, 0) is 6.92 Å². The Kier molecular flexibility index (Phi) is 4.15. The molecular weight excluding hydrogens is 266 g/mol. The summed E-state index contributed by atoms with van der Waals surface area (Å²) in [6.07, 6.45) is 0. The van der Waals surface area contributed by atoms with Crippen LogP contribution in [0.1, 0.15) is 12.8 Å². The molecule has 0 saturated heterocycles. The van der Waals surface area contributed by atoms with E-state index in [1.54, 1.807) is 6.92 Å². The van der Waals surface area contributed by atoms with E-state index < -0.39 is 0 Å². The predicted octanol–water partition coefficient (Wildman–Crippen LogP) is 1.21. The minimum atomic E-state index is 0.413. The monoisotopic (exact) mass is 281 g/mol. The highest BCUT2D eigenvalue weighted by Crippen LogP contribution is 2.24. The Balaban J connectivity index is 2.27. The van der Waals surface area contributed by atoms with Crippen LogP contribution in [0.5, 0.6) is 0 Å². The molecule has 0 spiro atoms. The summed E-state index contributed by atoms with van der Waals surface area (Å²) in [6.45, 7) is 4.45. The highest BCUT2D eigenvalue weighted by atomic mass is 32.2. The predicted molar refractivity (Wildman–Crippen MR) is 71.5 cm³/mol. The van der Waals surface area contributed by atoms with Crippen LogP contribution in [-0.4, -0.2) is 45.8 Å². The molecule has 0 aliphatic heterocycles. The molecule has 0 radical (unpaired) electrons. The first-order chi connectivity index (χ1) is 9.08. The van der Waals surface area contributed by atoms with Crippen LogP contribution in [0, 0.1) is 6.92 Å². The molecule has 0 bridgehead atoms. The smallest absolute Gasteiger partial charge is 0.284 e. The van der Waals surface area contributed by atoms with E-state index in [0.717, 1.165) is 6.54 Å². The number of anilines is 2. The molecule has 0 atom stereocenters. The minimum Gasteiger partial charge on any atom is -0.416 e. The van der Waals surface area contributed by atoms with Crippen LogP contribution in [0.25, 0.3) is 0 Å². The summed E-state index contributed by atoms with van der Waals surface area (Å²) < 4.78 is 5.29. The fourth-order valence-corrected chi connectivity index (χ4v) is 1.89. The zero-order chi connectivity index (χ0) is 13.8. The molecule has 2 heterocycles. The molecule has 2 rings (SSSR count). The van der Waals surface area contributed by atoms with Gasteiger partial charge in [0.15, 0.2) is 0 Å². The Labute approximate surface area is 115 Å². The third-order valence-corrected chi connectivity index (χ3v) is 2.73. The maximum absolute atomic E-state index is 5.29. The van der Waals surface area contributed by atoms with Crippen molar-refractivity contribution in [1.82, 2.24) is 25.1 Å². The summed E-state index contributed by atoms with van der Waals surface area (Å²) in [6, 6.07) is 0. The molecule has 0 aliphatic rings. The van der Waals surface area contributed by atoms with Crippen LogP contribution < -0.4 is 10.2 Å². The fourth-order valence-electron chi connectivity index (χ4n) is 1.23. The van der Waals surface area contributed by atoms with Gasteiger partial charge in [-0.15, -0.1) is 10.2 Å². The minimum absolute atomic E-state index is 0.413. The lowest BCUT2D eigenvalue weighted by atomic mass is 10.7. The Bertz CT molecular complexity index is 557. The Morgan fingerprint density at radius 2 is 2.00 bits per heavy atom. The molecule has 19 heavy (non-hydrogen) atoms. The molecule has 2 aromatic heterocycles. The number of aromatic nitrogens is 5. The van der Waals surface area contributed by atoms with Gasteiger partial charge in [0.25, 0.3) is 5.22 Å². The normalized spacial score (nSPS) is 10.5. The van der Waals surface area contributed by atoms with Crippen LogP contribution in [0.15, 0.2) is 14.8 Å². The maximum Gasteiger partial charge on any atom is 0.284 e. The molecule has 2 aromatic rings. The first-order valence-corrected chi connectivity index (χ1v) is 6.55. The van der Waals surface area contributed by atoms with Crippen LogP contribution >= 0.6 is 11.8 Å². The van der Waals surface area contributed by atoms with E-state index in [2.05, 4.69) is 30.5 Å². The third kappa shape index (κ3) is 3.53. The number of hydrogen-bond donors (Lipinski definition) is 1. The van der Waals surface area contributed by atoms with Gasteiger partial charge in [-0.3, -0.25) is 0 Å². The molecule has 0 aliphatic carbocycles. The molecule has 0 aromatic carbocycles. The quantitative estimate of drug-likeness (QED) is 0.867. The molecular formula is C10H15N7OS. The van der Waals surface area contributed by atoms with Crippen molar-refractivity contribution in [2.24, 2.45) is 0 Å². The van der Waals surface area contributed by atoms with Crippen molar-refractivity contribution in [3.05, 3.63) is 5.89 Å². The van der Waals surface area contributed by atoms with Crippen molar-refractivity contribution in [1.29, 1.82) is 0 Å². The van der Waals surface area contributed by atoms with Gasteiger partial charge in [-0.25, -0.2) is 0 Å². The largest absolute Gasteiger partial charge is 0.416 e. The summed E-state index contributed by atoms with van der Waals surface area (Å²) >= 11 is 1.21. The number of rotatable bonds is 5. The van der Waals surface area contributed by atoms with Crippen LogP contribution in [0.2, 0.25) is 0 Å². The molecule has 8 nitrogen and oxygen atoms in total. The average molecular weight is 281 g/mol. The van der Waals surface area contributed by atoms with E-state index in [1.165, 1.54) is 11.8 Å². The van der Waals surface area contributed by atoms with Crippen molar-refractivity contribution >= 4 is 23.7 Å². The van der Waals surface area contributed by atoms with Gasteiger partial charge in [0, 0.05) is 39.3 Å². The van der Waals surface area contributed by atoms with E-state index in [4.69, 9.17) is 4.42 Å². The molecule has 0 unspecified atom stereocenters. The average Bonchev–Trinajstić information content (AvgIpc) is 2.75. The lowest BCUT2D eigenvalue weighted by Gasteiger charge is -2.12. The first kappa shape index (κ1) is 13.5. The van der Waals surface area contributed by atoms with E-state index in [-0.39, 0.29) is 0 Å². The summed E-state index contributed by atoms with van der Waals surface area (Å²) in [7, 11) is 3.74. The van der Waals surface area contributed by atoms with Gasteiger partial charge in [-0.2, -0.15) is 15.0 Å². The number of nitrogens with one attached hydrogen (secondary N) is 1. The van der Waals surface area contributed by atoms with Crippen molar-refractivity contribution in [2.75, 3.05) is 30.9 Å². The van der Waals surface area contributed by atoms with Gasteiger partial charge >= 0.3 is 0 Å². The van der Waals surface area contributed by atoms with Gasteiger partial charge in [-0.1, -0.05) is 0 Å². The van der Waals surface area contributed by atoms with E-state index >= 15 is 0 Å². The lowest BCUT2D eigenvalue weighted by molar-refractivity contribution is 0.429. The maximum atomic E-state index is 5.29. The van der Waals surface area contributed by atoms with E-state index in [9.17, 15) is 0 Å². The Hall–Kier alpha value is -1.90. The van der Waals surface area contributed by atoms with Gasteiger partial charge < -0.3 is 14.6 Å².